The lowest BCUT2D eigenvalue weighted by atomic mass is 10.2. The van der Waals surface area contributed by atoms with Gasteiger partial charge in [0.05, 0.1) is 23.5 Å². The Kier molecular flexibility index (Phi) is 3.61. The molecule has 0 fully saturated rings. The van der Waals surface area contributed by atoms with Crippen LogP contribution in [0.25, 0.3) is 5.69 Å². The highest BCUT2D eigenvalue weighted by Crippen LogP contribution is 2.28. The van der Waals surface area contributed by atoms with Gasteiger partial charge in [0.1, 0.15) is 0 Å². The number of amides is 1. The van der Waals surface area contributed by atoms with Gasteiger partial charge in [-0.2, -0.15) is 0 Å². The largest absolute Gasteiger partial charge is 0.311 e. The summed E-state index contributed by atoms with van der Waals surface area (Å²) in [6, 6.07) is 17.9. The van der Waals surface area contributed by atoms with E-state index in [-0.39, 0.29) is 12.3 Å². The molecule has 1 amide bonds. The molecule has 0 aliphatic carbocycles. The van der Waals surface area contributed by atoms with Crippen molar-refractivity contribution in [2.45, 2.75) is 19.8 Å². The smallest absolute Gasteiger partial charge is 0.233 e. The van der Waals surface area contributed by atoms with E-state index in [4.69, 9.17) is 0 Å². The van der Waals surface area contributed by atoms with Gasteiger partial charge in [0.15, 0.2) is 0 Å². The Morgan fingerprint density at radius 1 is 1.08 bits per heavy atom. The van der Waals surface area contributed by atoms with Crippen molar-refractivity contribution < 1.29 is 4.79 Å². The van der Waals surface area contributed by atoms with Gasteiger partial charge < -0.3 is 4.90 Å². The number of rotatable bonds is 3. The molecule has 5 heteroatoms. The minimum absolute atomic E-state index is 0.0724. The van der Waals surface area contributed by atoms with Crippen molar-refractivity contribution in [2.75, 3.05) is 11.4 Å². The third kappa shape index (κ3) is 2.48. The molecule has 120 valence electrons. The molecule has 3 aromatic rings. The fraction of sp³-hybridized carbons (Fsp3) is 0.211. The number of fused-ring (bicyclic) bond motifs is 1. The van der Waals surface area contributed by atoms with E-state index in [0.717, 1.165) is 35.7 Å². The number of para-hydroxylation sites is 2. The van der Waals surface area contributed by atoms with E-state index in [0.29, 0.717) is 0 Å². The summed E-state index contributed by atoms with van der Waals surface area (Å²) in [5, 5.41) is 8.43. The lowest BCUT2D eigenvalue weighted by Crippen LogP contribution is -2.30. The Bertz CT molecular complexity index is 885. The zero-order chi connectivity index (χ0) is 16.5. The summed E-state index contributed by atoms with van der Waals surface area (Å²) in [5.74, 6) is 0.0724. The predicted molar refractivity (Wildman–Crippen MR) is 92.3 cm³/mol. The van der Waals surface area contributed by atoms with Crippen molar-refractivity contribution >= 4 is 11.6 Å². The first-order valence-corrected chi connectivity index (χ1v) is 8.09. The number of hydrogen-bond acceptors (Lipinski definition) is 3. The number of carbonyl (C=O) groups excluding carboxylic acids is 1. The third-order valence-corrected chi connectivity index (χ3v) is 4.50. The molecule has 1 aliphatic rings. The summed E-state index contributed by atoms with van der Waals surface area (Å²) < 4.78 is 1.78. The topological polar surface area (TPSA) is 51.0 Å². The maximum Gasteiger partial charge on any atom is 0.233 e. The van der Waals surface area contributed by atoms with Crippen LogP contribution in [0.3, 0.4) is 0 Å². The SMILES string of the molecule is Cc1c(CC(=O)N2CCc3ccccc32)nnn1-c1ccccc1. The molecule has 0 saturated heterocycles. The maximum absolute atomic E-state index is 12.7. The second-order valence-electron chi connectivity index (χ2n) is 5.97. The molecule has 24 heavy (non-hydrogen) atoms. The molecule has 0 radical (unpaired) electrons. The van der Waals surface area contributed by atoms with Gasteiger partial charge in [-0.05, 0) is 37.1 Å². The summed E-state index contributed by atoms with van der Waals surface area (Å²) in [7, 11) is 0. The Morgan fingerprint density at radius 2 is 1.83 bits per heavy atom. The van der Waals surface area contributed by atoms with Crippen LogP contribution in [0, 0.1) is 6.92 Å². The molecule has 0 bridgehead atoms. The molecule has 1 aromatic heterocycles. The van der Waals surface area contributed by atoms with E-state index >= 15 is 0 Å². The summed E-state index contributed by atoms with van der Waals surface area (Å²) in [5.41, 5.74) is 4.84. The quantitative estimate of drug-likeness (QED) is 0.746. The average Bonchev–Trinajstić information content (AvgIpc) is 3.20. The Balaban J connectivity index is 1.57. The van der Waals surface area contributed by atoms with Gasteiger partial charge in [-0.3, -0.25) is 4.79 Å². The van der Waals surface area contributed by atoms with Crippen molar-refractivity contribution in [2.24, 2.45) is 0 Å². The van der Waals surface area contributed by atoms with E-state index < -0.39 is 0 Å². The second kappa shape index (κ2) is 5.92. The predicted octanol–water partition coefficient (Wildman–Crippen LogP) is 2.71. The fourth-order valence-corrected chi connectivity index (χ4v) is 3.17. The lowest BCUT2D eigenvalue weighted by Gasteiger charge is -2.16. The Hall–Kier alpha value is -2.95. The minimum Gasteiger partial charge on any atom is -0.311 e. The molecule has 5 nitrogen and oxygen atoms in total. The van der Waals surface area contributed by atoms with Gasteiger partial charge in [-0.25, -0.2) is 4.68 Å². The van der Waals surface area contributed by atoms with Crippen molar-refractivity contribution in [3.8, 4) is 5.69 Å². The van der Waals surface area contributed by atoms with Crippen LogP contribution in [-0.2, 0) is 17.6 Å². The number of aromatic nitrogens is 3. The van der Waals surface area contributed by atoms with Gasteiger partial charge in [-0.1, -0.05) is 41.6 Å². The van der Waals surface area contributed by atoms with E-state index in [9.17, 15) is 4.79 Å². The van der Waals surface area contributed by atoms with E-state index in [1.54, 1.807) is 4.68 Å². The first-order chi connectivity index (χ1) is 11.7. The molecule has 0 unspecified atom stereocenters. The van der Waals surface area contributed by atoms with Crippen LogP contribution in [-0.4, -0.2) is 27.4 Å². The van der Waals surface area contributed by atoms with Crippen molar-refractivity contribution in [1.29, 1.82) is 0 Å². The Morgan fingerprint density at radius 3 is 2.67 bits per heavy atom. The van der Waals surface area contributed by atoms with Gasteiger partial charge in [-0.15, -0.1) is 5.10 Å². The van der Waals surface area contributed by atoms with Crippen LogP contribution >= 0.6 is 0 Å². The molecular weight excluding hydrogens is 300 g/mol. The number of nitrogens with zero attached hydrogens (tertiary/aromatic N) is 4. The lowest BCUT2D eigenvalue weighted by molar-refractivity contribution is -0.117. The number of hydrogen-bond donors (Lipinski definition) is 0. The number of anilines is 1. The molecule has 0 spiro atoms. The molecule has 2 aromatic carbocycles. The first kappa shape index (κ1) is 14.6. The molecule has 2 heterocycles. The number of benzene rings is 2. The van der Waals surface area contributed by atoms with Gasteiger partial charge in [0.25, 0.3) is 0 Å². The van der Waals surface area contributed by atoms with E-state index in [1.807, 2.05) is 60.4 Å². The summed E-state index contributed by atoms with van der Waals surface area (Å²) in [6.07, 6.45) is 1.19. The van der Waals surface area contributed by atoms with Gasteiger partial charge >= 0.3 is 0 Å². The Labute approximate surface area is 140 Å². The van der Waals surface area contributed by atoms with Crippen LogP contribution in [0.4, 0.5) is 5.69 Å². The van der Waals surface area contributed by atoms with E-state index in [2.05, 4.69) is 16.4 Å². The fourth-order valence-electron chi connectivity index (χ4n) is 3.17. The van der Waals surface area contributed by atoms with Crippen LogP contribution in [0.5, 0.6) is 0 Å². The molecule has 4 rings (SSSR count). The molecule has 0 N–H and O–H groups in total. The summed E-state index contributed by atoms with van der Waals surface area (Å²) in [4.78, 5) is 14.6. The third-order valence-electron chi connectivity index (χ3n) is 4.50. The monoisotopic (exact) mass is 318 g/mol. The second-order valence-corrected chi connectivity index (χ2v) is 5.97. The standard InChI is InChI=1S/C19H18N4O/c1-14-17(20-21-23(14)16-8-3-2-4-9-16)13-19(24)22-12-11-15-7-5-6-10-18(15)22/h2-10H,11-13H2,1H3. The van der Waals surface area contributed by atoms with Crippen molar-refractivity contribution in [3.63, 3.8) is 0 Å². The highest BCUT2D eigenvalue weighted by Gasteiger charge is 2.25. The molecule has 0 atom stereocenters. The zero-order valence-corrected chi connectivity index (χ0v) is 13.5. The van der Waals surface area contributed by atoms with Crippen LogP contribution in [0.2, 0.25) is 0 Å². The van der Waals surface area contributed by atoms with E-state index in [1.165, 1.54) is 5.56 Å². The van der Waals surface area contributed by atoms with Gasteiger partial charge in [0.2, 0.25) is 5.91 Å². The first-order valence-electron chi connectivity index (χ1n) is 8.09. The normalized spacial score (nSPS) is 13.1. The minimum atomic E-state index is 0.0724. The maximum atomic E-state index is 12.7. The number of carbonyl (C=O) groups is 1. The van der Waals surface area contributed by atoms with Crippen LogP contribution < -0.4 is 4.90 Å². The molecule has 0 saturated carbocycles. The molecule has 1 aliphatic heterocycles. The highest BCUT2D eigenvalue weighted by molar-refractivity contribution is 5.96. The average molecular weight is 318 g/mol. The van der Waals surface area contributed by atoms with Crippen molar-refractivity contribution in [1.82, 2.24) is 15.0 Å². The van der Waals surface area contributed by atoms with Crippen molar-refractivity contribution in [3.05, 3.63) is 71.5 Å². The highest BCUT2D eigenvalue weighted by atomic mass is 16.2. The summed E-state index contributed by atoms with van der Waals surface area (Å²) >= 11 is 0. The molecular formula is C19H18N4O. The van der Waals surface area contributed by atoms with Crippen LogP contribution in [0.1, 0.15) is 17.0 Å². The van der Waals surface area contributed by atoms with Crippen LogP contribution in [0.15, 0.2) is 54.6 Å². The zero-order valence-electron chi connectivity index (χ0n) is 13.5. The van der Waals surface area contributed by atoms with Gasteiger partial charge in [0, 0.05) is 12.2 Å². The summed E-state index contributed by atoms with van der Waals surface area (Å²) in [6.45, 7) is 2.69.